The number of hydrogen-bond donors (Lipinski definition) is 1. The molecule has 18 heavy (non-hydrogen) atoms. The van der Waals surface area contributed by atoms with Crippen LogP contribution in [0, 0.1) is 5.82 Å². The number of hydrogen-bond acceptors (Lipinski definition) is 2. The van der Waals surface area contributed by atoms with E-state index in [0.717, 1.165) is 11.2 Å². The first-order valence-corrected chi connectivity index (χ1v) is 6.14. The van der Waals surface area contributed by atoms with Crippen LogP contribution in [0.5, 0.6) is 0 Å². The number of nitrogens with two attached hydrogens (primary N) is 1. The van der Waals surface area contributed by atoms with Crippen LogP contribution in [0.2, 0.25) is 0 Å². The smallest absolute Gasteiger partial charge is 0.139 e. The average molecular weight is 306 g/mol. The highest BCUT2D eigenvalue weighted by Crippen LogP contribution is 2.29. The van der Waals surface area contributed by atoms with E-state index in [4.69, 9.17) is 5.73 Å². The van der Waals surface area contributed by atoms with Crippen LogP contribution in [0.25, 0.3) is 16.9 Å². The number of halogens is 2. The molecule has 0 aliphatic heterocycles. The lowest BCUT2D eigenvalue weighted by Gasteiger charge is -2.01. The highest BCUT2D eigenvalue weighted by molar-refractivity contribution is 9.10. The number of nitrogen functional groups attached to an aromatic ring is 1. The number of benzene rings is 1. The van der Waals surface area contributed by atoms with Crippen LogP contribution in [-0.4, -0.2) is 9.38 Å². The second-order valence-electron chi connectivity index (χ2n) is 3.90. The van der Waals surface area contributed by atoms with E-state index in [1.54, 1.807) is 16.5 Å². The molecule has 0 spiro atoms. The number of nitrogens with zero attached hydrogens (tertiary/aromatic N) is 2. The van der Waals surface area contributed by atoms with Gasteiger partial charge in [-0.2, -0.15) is 0 Å². The number of rotatable bonds is 1. The molecule has 3 nitrogen and oxygen atoms in total. The molecule has 5 heteroatoms. The zero-order valence-corrected chi connectivity index (χ0v) is 10.9. The van der Waals surface area contributed by atoms with E-state index in [9.17, 15) is 4.39 Å². The van der Waals surface area contributed by atoms with Crippen molar-refractivity contribution in [1.29, 1.82) is 0 Å². The van der Waals surface area contributed by atoms with Crippen molar-refractivity contribution in [2.24, 2.45) is 0 Å². The number of imidazole rings is 1. The number of pyridine rings is 1. The molecule has 90 valence electrons. The molecule has 0 radical (unpaired) electrons. The van der Waals surface area contributed by atoms with Crippen LogP contribution in [0.4, 0.5) is 10.2 Å². The first-order chi connectivity index (χ1) is 8.66. The lowest BCUT2D eigenvalue weighted by Crippen LogP contribution is -1.93. The van der Waals surface area contributed by atoms with Crippen LogP contribution in [0.3, 0.4) is 0 Å². The van der Waals surface area contributed by atoms with Crippen molar-refractivity contribution in [3.05, 3.63) is 52.9 Å². The van der Waals surface area contributed by atoms with Crippen LogP contribution in [-0.2, 0) is 0 Å². The Morgan fingerprint density at radius 1 is 1.22 bits per heavy atom. The Bertz CT molecular complexity index is 736. The summed E-state index contributed by atoms with van der Waals surface area (Å²) in [7, 11) is 0. The molecule has 3 rings (SSSR count). The van der Waals surface area contributed by atoms with Gasteiger partial charge in [-0.1, -0.05) is 6.07 Å². The topological polar surface area (TPSA) is 43.3 Å². The molecule has 0 saturated carbocycles. The predicted octanol–water partition coefficient (Wildman–Crippen LogP) is 3.49. The average Bonchev–Trinajstić information content (AvgIpc) is 2.71. The summed E-state index contributed by atoms with van der Waals surface area (Å²) in [4.78, 5) is 4.45. The fraction of sp³-hybridized carbons (Fsp3) is 0. The second-order valence-corrected chi connectivity index (χ2v) is 4.76. The fourth-order valence-electron chi connectivity index (χ4n) is 1.87. The molecular formula is C13H9BrFN3. The first kappa shape index (κ1) is 11.2. The molecule has 3 aromatic rings. The quantitative estimate of drug-likeness (QED) is 0.748. The van der Waals surface area contributed by atoms with Crippen molar-refractivity contribution in [3.63, 3.8) is 0 Å². The molecule has 0 saturated heterocycles. The van der Waals surface area contributed by atoms with Gasteiger partial charge in [0.15, 0.2) is 0 Å². The van der Waals surface area contributed by atoms with Gasteiger partial charge in [0, 0.05) is 11.8 Å². The van der Waals surface area contributed by atoms with Gasteiger partial charge in [0.1, 0.15) is 23.0 Å². The van der Waals surface area contributed by atoms with E-state index in [-0.39, 0.29) is 5.82 Å². The number of anilines is 1. The van der Waals surface area contributed by atoms with Crippen molar-refractivity contribution >= 4 is 27.4 Å². The predicted molar refractivity (Wildman–Crippen MR) is 72.7 cm³/mol. The Kier molecular flexibility index (Phi) is 2.56. The summed E-state index contributed by atoms with van der Waals surface area (Å²) in [5.41, 5.74) is 8.26. The van der Waals surface area contributed by atoms with Gasteiger partial charge in [0.2, 0.25) is 0 Å². The van der Waals surface area contributed by atoms with Crippen molar-refractivity contribution < 1.29 is 4.39 Å². The summed E-state index contributed by atoms with van der Waals surface area (Å²) in [6.45, 7) is 0. The van der Waals surface area contributed by atoms with Crippen LogP contribution >= 0.6 is 15.9 Å². The Morgan fingerprint density at radius 3 is 2.78 bits per heavy atom. The summed E-state index contributed by atoms with van der Waals surface area (Å²) in [5.74, 6) is 0.241. The maximum Gasteiger partial charge on any atom is 0.139 e. The molecule has 2 heterocycles. The maximum absolute atomic E-state index is 13.2. The van der Waals surface area contributed by atoms with Crippen molar-refractivity contribution in [2.75, 3.05) is 5.73 Å². The van der Waals surface area contributed by atoms with Crippen molar-refractivity contribution in [2.45, 2.75) is 0 Å². The Balaban J connectivity index is 2.25. The summed E-state index contributed by atoms with van der Waals surface area (Å²) >= 11 is 3.16. The molecule has 0 unspecified atom stereocenters. The van der Waals surface area contributed by atoms with Crippen LogP contribution < -0.4 is 5.73 Å². The Hall–Kier alpha value is -1.88. The molecule has 0 bridgehead atoms. The van der Waals surface area contributed by atoms with E-state index < -0.39 is 0 Å². The molecule has 0 fully saturated rings. The van der Waals surface area contributed by atoms with Gasteiger partial charge in [0.25, 0.3) is 0 Å². The summed E-state index contributed by atoms with van der Waals surface area (Å²) in [6, 6.07) is 10.4. The summed E-state index contributed by atoms with van der Waals surface area (Å²) in [5, 5.41) is 0. The maximum atomic E-state index is 13.2. The Morgan fingerprint density at radius 2 is 2.06 bits per heavy atom. The largest absolute Gasteiger partial charge is 0.383 e. The number of aromatic nitrogens is 2. The molecule has 0 atom stereocenters. The monoisotopic (exact) mass is 305 g/mol. The third-order valence-corrected chi connectivity index (χ3v) is 3.37. The standard InChI is InChI=1S/C13H9BrFN3/c14-9-7-8(4-5-10(9)15)12-13(16)18-6-2-1-3-11(18)17-12/h1-7H,16H2. The Labute approximate surface area is 111 Å². The third-order valence-electron chi connectivity index (χ3n) is 2.76. The van der Waals surface area contributed by atoms with Gasteiger partial charge < -0.3 is 5.73 Å². The van der Waals surface area contributed by atoms with E-state index >= 15 is 0 Å². The molecule has 0 amide bonds. The molecule has 0 aliphatic carbocycles. The molecule has 0 aliphatic rings. The zero-order chi connectivity index (χ0) is 12.7. The molecule has 2 N–H and O–H groups in total. The summed E-state index contributed by atoms with van der Waals surface area (Å²) < 4.78 is 15.4. The van der Waals surface area contributed by atoms with Gasteiger partial charge >= 0.3 is 0 Å². The highest BCUT2D eigenvalue weighted by atomic mass is 79.9. The van der Waals surface area contributed by atoms with Gasteiger partial charge in [-0.3, -0.25) is 4.40 Å². The molecule has 1 aromatic carbocycles. The zero-order valence-electron chi connectivity index (χ0n) is 9.27. The number of fused-ring (bicyclic) bond motifs is 1. The van der Waals surface area contributed by atoms with Crippen molar-refractivity contribution in [3.8, 4) is 11.3 Å². The SMILES string of the molecule is Nc1c(-c2ccc(F)c(Br)c2)nc2ccccn12. The minimum Gasteiger partial charge on any atom is -0.383 e. The van der Waals surface area contributed by atoms with Crippen LogP contribution in [0.1, 0.15) is 0 Å². The van der Waals surface area contributed by atoms with Crippen molar-refractivity contribution in [1.82, 2.24) is 9.38 Å². The molecular weight excluding hydrogens is 297 g/mol. The van der Waals surface area contributed by atoms with E-state index in [1.165, 1.54) is 6.07 Å². The van der Waals surface area contributed by atoms with Gasteiger partial charge in [0.05, 0.1) is 4.47 Å². The minimum absolute atomic E-state index is 0.305. The minimum atomic E-state index is -0.305. The summed E-state index contributed by atoms with van der Waals surface area (Å²) in [6.07, 6.45) is 1.85. The second kappa shape index (κ2) is 4.10. The third kappa shape index (κ3) is 1.67. The van der Waals surface area contributed by atoms with E-state index in [0.29, 0.717) is 16.0 Å². The van der Waals surface area contributed by atoms with Gasteiger partial charge in [-0.05, 0) is 46.3 Å². The molecule has 2 aromatic heterocycles. The fourth-order valence-corrected chi connectivity index (χ4v) is 2.25. The normalized spacial score (nSPS) is 11.0. The van der Waals surface area contributed by atoms with E-state index in [2.05, 4.69) is 20.9 Å². The lowest BCUT2D eigenvalue weighted by molar-refractivity contribution is 0.621. The highest BCUT2D eigenvalue weighted by Gasteiger charge is 2.12. The van der Waals surface area contributed by atoms with E-state index in [1.807, 2.05) is 24.4 Å². The van der Waals surface area contributed by atoms with Gasteiger partial charge in [-0.15, -0.1) is 0 Å². The van der Waals surface area contributed by atoms with Gasteiger partial charge in [-0.25, -0.2) is 9.37 Å². The van der Waals surface area contributed by atoms with Crippen LogP contribution in [0.15, 0.2) is 47.1 Å². The lowest BCUT2D eigenvalue weighted by atomic mass is 10.1. The first-order valence-electron chi connectivity index (χ1n) is 5.35.